The molecule has 0 aliphatic carbocycles. The van der Waals surface area contributed by atoms with E-state index in [9.17, 15) is 14.4 Å². The number of carbonyl (C=O) groups is 1. The number of ether oxygens (including phenoxy) is 1. The Morgan fingerprint density at radius 2 is 2.00 bits per heavy atom. The molecule has 1 aliphatic rings. The van der Waals surface area contributed by atoms with Crippen molar-refractivity contribution in [3.05, 3.63) is 64.6 Å². The Labute approximate surface area is 114 Å². The fraction of sp³-hybridized carbons (Fsp3) is 0.0667. The SMILES string of the molecule is COc1cccc(C2=[N+]([O-])c3ccc(F)cc3C2=O)c1. The number of fused-ring (bicyclic) bond motifs is 1. The third kappa shape index (κ3) is 1.75. The summed E-state index contributed by atoms with van der Waals surface area (Å²) in [6, 6.07) is 10.2. The largest absolute Gasteiger partial charge is 0.618 e. The summed E-state index contributed by atoms with van der Waals surface area (Å²) >= 11 is 0. The van der Waals surface area contributed by atoms with Crippen LogP contribution in [-0.2, 0) is 0 Å². The van der Waals surface area contributed by atoms with E-state index in [1.54, 1.807) is 24.3 Å². The van der Waals surface area contributed by atoms with E-state index in [1.165, 1.54) is 13.2 Å². The smallest absolute Gasteiger partial charge is 0.273 e. The molecule has 0 fully saturated rings. The predicted octanol–water partition coefficient (Wildman–Crippen LogP) is 2.66. The number of benzene rings is 2. The molecule has 4 nitrogen and oxygen atoms in total. The van der Waals surface area contributed by atoms with Crippen molar-refractivity contribution in [1.82, 2.24) is 0 Å². The topological polar surface area (TPSA) is 52.4 Å². The van der Waals surface area contributed by atoms with Gasteiger partial charge in [-0.2, -0.15) is 4.74 Å². The van der Waals surface area contributed by atoms with E-state index in [0.717, 1.165) is 12.1 Å². The number of hydrogen-bond donors (Lipinski definition) is 0. The van der Waals surface area contributed by atoms with Crippen molar-refractivity contribution < 1.29 is 18.7 Å². The molecule has 0 saturated carbocycles. The van der Waals surface area contributed by atoms with Crippen molar-refractivity contribution in [1.29, 1.82) is 0 Å². The van der Waals surface area contributed by atoms with E-state index in [4.69, 9.17) is 4.74 Å². The van der Waals surface area contributed by atoms with Gasteiger partial charge in [-0.3, -0.25) is 4.79 Å². The lowest BCUT2D eigenvalue weighted by molar-refractivity contribution is -0.355. The summed E-state index contributed by atoms with van der Waals surface area (Å²) in [7, 11) is 1.50. The number of carbonyl (C=O) groups excluding carboxylic acids is 1. The number of hydrogen-bond acceptors (Lipinski definition) is 3. The Morgan fingerprint density at radius 3 is 2.75 bits per heavy atom. The number of ketones is 1. The van der Waals surface area contributed by atoms with Gasteiger partial charge >= 0.3 is 0 Å². The molecule has 0 atom stereocenters. The summed E-state index contributed by atoms with van der Waals surface area (Å²) in [5.41, 5.74) is 0.664. The quantitative estimate of drug-likeness (QED) is 0.623. The van der Waals surface area contributed by atoms with Crippen LogP contribution in [0.2, 0.25) is 0 Å². The second-order valence-corrected chi connectivity index (χ2v) is 4.37. The second-order valence-electron chi connectivity index (χ2n) is 4.37. The molecule has 2 aromatic rings. The number of halogens is 1. The van der Waals surface area contributed by atoms with Crippen LogP contribution in [-0.4, -0.2) is 23.3 Å². The molecule has 0 saturated heterocycles. The Balaban J connectivity index is 2.16. The summed E-state index contributed by atoms with van der Waals surface area (Å²) in [5, 5.41) is 12.2. The molecule has 3 rings (SSSR count). The fourth-order valence-electron chi connectivity index (χ4n) is 2.23. The lowest BCUT2D eigenvalue weighted by Gasteiger charge is -2.03. The van der Waals surface area contributed by atoms with Gasteiger partial charge in [0.1, 0.15) is 17.1 Å². The van der Waals surface area contributed by atoms with Crippen molar-refractivity contribution in [2.24, 2.45) is 0 Å². The van der Waals surface area contributed by atoms with Crippen molar-refractivity contribution in [3.63, 3.8) is 0 Å². The van der Waals surface area contributed by atoms with Crippen molar-refractivity contribution in [2.45, 2.75) is 0 Å². The highest BCUT2D eigenvalue weighted by atomic mass is 19.1. The van der Waals surface area contributed by atoms with E-state index in [2.05, 4.69) is 0 Å². The Hall–Kier alpha value is -2.69. The van der Waals surface area contributed by atoms with Crippen LogP contribution in [0.4, 0.5) is 10.1 Å². The Bertz CT molecular complexity index is 753. The van der Waals surface area contributed by atoms with E-state index < -0.39 is 11.6 Å². The summed E-state index contributed by atoms with van der Waals surface area (Å²) in [4.78, 5) is 12.3. The van der Waals surface area contributed by atoms with E-state index in [-0.39, 0.29) is 17.0 Å². The van der Waals surface area contributed by atoms with Gasteiger partial charge in [0.15, 0.2) is 0 Å². The van der Waals surface area contributed by atoms with Crippen LogP contribution < -0.4 is 4.74 Å². The number of rotatable bonds is 2. The third-order valence-electron chi connectivity index (χ3n) is 3.18. The van der Waals surface area contributed by atoms with Crippen molar-refractivity contribution in [2.75, 3.05) is 7.11 Å². The van der Waals surface area contributed by atoms with Crippen LogP contribution in [0.25, 0.3) is 0 Å². The van der Waals surface area contributed by atoms with E-state index >= 15 is 0 Å². The molecule has 2 aromatic carbocycles. The van der Waals surface area contributed by atoms with Gasteiger partial charge in [-0.15, -0.1) is 0 Å². The molecular formula is C15H10FNO3. The van der Waals surface area contributed by atoms with Crippen LogP contribution in [0.3, 0.4) is 0 Å². The minimum absolute atomic E-state index is 0.0236. The molecular weight excluding hydrogens is 261 g/mol. The molecule has 0 unspecified atom stereocenters. The predicted molar refractivity (Wildman–Crippen MR) is 71.1 cm³/mol. The average Bonchev–Trinajstić information content (AvgIpc) is 2.70. The second kappa shape index (κ2) is 4.45. The van der Waals surface area contributed by atoms with Crippen LogP contribution in [0.1, 0.15) is 15.9 Å². The highest BCUT2D eigenvalue weighted by molar-refractivity contribution is 6.52. The Morgan fingerprint density at radius 1 is 1.20 bits per heavy atom. The van der Waals surface area contributed by atoms with E-state index in [0.29, 0.717) is 16.1 Å². The van der Waals surface area contributed by atoms with Gasteiger partial charge in [-0.25, -0.2) is 4.39 Å². The maximum atomic E-state index is 13.2. The van der Waals surface area contributed by atoms with Gasteiger partial charge in [-0.05, 0) is 30.3 Å². The van der Waals surface area contributed by atoms with Gasteiger partial charge in [0, 0.05) is 6.07 Å². The molecule has 100 valence electrons. The van der Waals surface area contributed by atoms with Crippen LogP contribution in [0.15, 0.2) is 42.5 Å². The molecule has 0 radical (unpaired) electrons. The zero-order chi connectivity index (χ0) is 14.3. The summed E-state index contributed by atoms with van der Waals surface area (Å²) < 4.78 is 18.8. The minimum Gasteiger partial charge on any atom is -0.618 e. The van der Waals surface area contributed by atoms with Crippen molar-refractivity contribution in [3.8, 4) is 5.75 Å². The van der Waals surface area contributed by atoms with E-state index in [1.807, 2.05) is 0 Å². The number of methoxy groups -OCH3 is 1. The van der Waals surface area contributed by atoms with Gasteiger partial charge in [0.2, 0.25) is 5.69 Å². The normalized spacial score (nSPS) is 13.6. The zero-order valence-corrected chi connectivity index (χ0v) is 10.6. The maximum absolute atomic E-state index is 13.2. The molecule has 0 bridgehead atoms. The first kappa shape index (κ1) is 12.3. The lowest BCUT2D eigenvalue weighted by atomic mass is 10.0. The zero-order valence-electron chi connectivity index (χ0n) is 10.6. The first-order chi connectivity index (χ1) is 9.61. The molecule has 0 amide bonds. The molecule has 5 heteroatoms. The molecule has 0 spiro atoms. The molecule has 1 heterocycles. The maximum Gasteiger partial charge on any atom is 0.273 e. The van der Waals surface area contributed by atoms with Crippen LogP contribution in [0, 0.1) is 11.0 Å². The first-order valence-corrected chi connectivity index (χ1v) is 5.94. The van der Waals surface area contributed by atoms with Gasteiger partial charge in [0.25, 0.3) is 11.5 Å². The minimum atomic E-state index is -0.544. The van der Waals surface area contributed by atoms with Gasteiger partial charge in [0.05, 0.1) is 12.7 Å². The summed E-state index contributed by atoms with van der Waals surface area (Å²) in [5.74, 6) is -0.488. The Kier molecular flexibility index (Phi) is 2.75. The van der Waals surface area contributed by atoms with Crippen LogP contribution >= 0.6 is 0 Å². The lowest BCUT2D eigenvalue weighted by Crippen LogP contribution is -2.16. The van der Waals surface area contributed by atoms with Crippen molar-refractivity contribution >= 4 is 17.2 Å². The summed E-state index contributed by atoms with van der Waals surface area (Å²) in [6.07, 6.45) is 0. The molecule has 0 aromatic heterocycles. The molecule has 1 aliphatic heterocycles. The van der Waals surface area contributed by atoms with Crippen LogP contribution in [0.5, 0.6) is 5.75 Å². The van der Waals surface area contributed by atoms with Gasteiger partial charge in [-0.1, -0.05) is 6.07 Å². The third-order valence-corrected chi connectivity index (χ3v) is 3.18. The first-order valence-electron chi connectivity index (χ1n) is 5.94. The standard InChI is InChI=1S/C15H10FNO3/c1-20-11-4-2-3-9(7-11)14-15(18)12-8-10(16)5-6-13(12)17(14)19/h2-8H,1H3. The highest BCUT2D eigenvalue weighted by Gasteiger charge is 2.36. The molecule has 20 heavy (non-hydrogen) atoms. The monoisotopic (exact) mass is 271 g/mol. The number of Topliss-reactive ketones (excluding diaryl/α,β-unsaturated/α-hetero) is 1. The molecule has 0 N–H and O–H groups in total. The fourth-order valence-corrected chi connectivity index (χ4v) is 2.23. The number of nitrogens with zero attached hydrogens (tertiary/aromatic N) is 1. The average molecular weight is 271 g/mol. The van der Waals surface area contributed by atoms with Gasteiger partial charge < -0.3 is 9.94 Å². The summed E-state index contributed by atoms with van der Waals surface area (Å²) in [6.45, 7) is 0. The highest BCUT2D eigenvalue weighted by Crippen LogP contribution is 2.29.